The summed E-state index contributed by atoms with van der Waals surface area (Å²) in [5.74, 6) is -0.0737. The van der Waals surface area contributed by atoms with Gasteiger partial charge in [0.05, 0.1) is 16.9 Å². The van der Waals surface area contributed by atoms with Crippen LogP contribution in [-0.2, 0) is 6.42 Å². The van der Waals surface area contributed by atoms with Crippen LogP contribution in [0.2, 0.25) is 0 Å². The van der Waals surface area contributed by atoms with E-state index in [1.165, 1.54) is 0 Å². The molecule has 1 aromatic heterocycles. The summed E-state index contributed by atoms with van der Waals surface area (Å²) in [5.41, 5.74) is 1.87. The minimum absolute atomic E-state index is 0.0737. The molecular weight excluding hydrogens is 282 g/mol. The predicted octanol–water partition coefficient (Wildman–Crippen LogP) is 0.591. The molecule has 0 radical (unpaired) electrons. The van der Waals surface area contributed by atoms with E-state index in [1.54, 1.807) is 11.8 Å². The third-order valence-corrected chi connectivity index (χ3v) is 5.02. The summed E-state index contributed by atoms with van der Waals surface area (Å²) in [5, 5.41) is 10.7. The Balaban J connectivity index is 1.78. The van der Waals surface area contributed by atoms with Gasteiger partial charge in [-0.3, -0.25) is 9.59 Å². The van der Waals surface area contributed by atoms with Crippen LogP contribution in [0.15, 0.2) is 0 Å². The second-order valence-corrected chi connectivity index (χ2v) is 6.64. The number of β-amino-alcohol motifs (C(OH)–C–C–N with tert-alkyl or cyclic N) is 1. The number of piperidine rings is 1. The summed E-state index contributed by atoms with van der Waals surface area (Å²) in [4.78, 5) is 30.7. The molecule has 1 saturated heterocycles. The molecule has 0 unspecified atom stereocenters. The van der Waals surface area contributed by atoms with Crippen LogP contribution < -0.4 is 0 Å². The number of likely N-dealkylation sites (tertiary alicyclic amines) is 1. The van der Waals surface area contributed by atoms with Crippen molar-refractivity contribution in [2.45, 2.75) is 31.8 Å². The van der Waals surface area contributed by atoms with Gasteiger partial charge in [-0.2, -0.15) is 0 Å². The normalized spacial score (nSPS) is 21.8. The van der Waals surface area contributed by atoms with E-state index in [1.807, 2.05) is 7.05 Å². The summed E-state index contributed by atoms with van der Waals surface area (Å²) in [6.07, 6.45) is 2.83. The van der Waals surface area contributed by atoms with Gasteiger partial charge in [-0.15, -0.1) is 0 Å². The van der Waals surface area contributed by atoms with Gasteiger partial charge in [0.15, 0.2) is 6.29 Å². The lowest BCUT2D eigenvalue weighted by atomic mass is 9.90. The van der Waals surface area contributed by atoms with Crippen molar-refractivity contribution in [3.05, 3.63) is 22.5 Å². The molecule has 0 spiro atoms. The number of carbonyl (C=O) groups excluding carboxylic acids is 2. The second kappa shape index (κ2) is 5.52. The number of amides is 1. The number of hydrogen-bond acceptors (Lipinski definition) is 4. The van der Waals surface area contributed by atoms with Crippen molar-refractivity contribution in [2.75, 3.05) is 33.2 Å². The number of carbonyl (C=O) groups is 2. The topological polar surface area (TPSA) is 76.6 Å². The van der Waals surface area contributed by atoms with Crippen molar-refractivity contribution in [1.29, 1.82) is 0 Å². The number of fused-ring (bicyclic) bond motifs is 1. The Bertz CT molecular complexity index is 600. The molecule has 1 fully saturated rings. The first-order valence-electron chi connectivity index (χ1n) is 7.80. The zero-order valence-corrected chi connectivity index (χ0v) is 13.2. The van der Waals surface area contributed by atoms with E-state index < -0.39 is 5.60 Å². The highest BCUT2D eigenvalue weighted by molar-refractivity contribution is 6.00. The molecule has 22 heavy (non-hydrogen) atoms. The number of nitrogens with zero attached hydrogens (tertiary/aromatic N) is 2. The first-order chi connectivity index (χ1) is 10.4. The minimum Gasteiger partial charge on any atom is -0.388 e. The lowest BCUT2D eigenvalue weighted by molar-refractivity contribution is -0.0373. The van der Waals surface area contributed by atoms with Gasteiger partial charge >= 0.3 is 0 Å². The fourth-order valence-electron chi connectivity index (χ4n) is 3.48. The number of H-pyrrole nitrogens is 1. The van der Waals surface area contributed by atoms with Gasteiger partial charge in [0, 0.05) is 38.3 Å². The monoisotopic (exact) mass is 305 g/mol. The van der Waals surface area contributed by atoms with Gasteiger partial charge in [-0.1, -0.05) is 0 Å². The highest BCUT2D eigenvalue weighted by Gasteiger charge is 2.37. The lowest BCUT2D eigenvalue weighted by Gasteiger charge is -2.40. The number of rotatable bonds is 3. The third kappa shape index (κ3) is 2.57. The van der Waals surface area contributed by atoms with Gasteiger partial charge in [0.2, 0.25) is 0 Å². The summed E-state index contributed by atoms with van der Waals surface area (Å²) < 4.78 is 0. The molecule has 1 amide bonds. The molecule has 2 aliphatic rings. The maximum absolute atomic E-state index is 12.7. The number of aldehydes is 1. The predicted molar refractivity (Wildman–Crippen MR) is 82.2 cm³/mol. The molecule has 0 aliphatic carbocycles. The quantitative estimate of drug-likeness (QED) is 0.801. The van der Waals surface area contributed by atoms with Gasteiger partial charge < -0.3 is 19.9 Å². The van der Waals surface area contributed by atoms with Crippen LogP contribution in [0, 0.1) is 6.92 Å². The Hall–Kier alpha value is -1.66. The Kier molecular flexibility index (Phi) is 3.82. The second-order valence-electron chi connectivity index (χ2n) is 6.64. The summed E-state index contributed by atoms with van der Waals surface area (Å²) in [6, 6.07) is 0. The average Bonchev–Trinajstić information content (AvgIpc) is 2.83. The molecular formula is C16H23N3O3. The van der Waals surface area contributed by atoms with Crippen molar-refractivity contribution < 1.29 is 14.7 Å². The number of aromatic amines is 1. The van der Waals surface area contributed by atoms with E-state index in [2.05, 4.69) is 9.88 Å². The van der Waals surface area contributed by atoms with Crippen LogP contribution in [0.1, 0.15) is 44.9 Å². The average molecular weight is 305 g/mol. The van der Waals surface area contributed by atoms with E-state index in [-0.39, 0.29) is 5.91 Å². The number of nitrogens with one attached hydrogen (secondary N) is 1. The summed E-state index contributed by atoms with van der Waals surface area (Å²) >= 11 is 0. The maximum atomic E-state index is 12.7. The molecule has 120 valence electrons. The molecule has 2 aliphatic heterocycles. The molecule has 6 heteroatoms. The standard InChI is InChI=1S/C16H23N3O3/c1-11-13(9-20)17-12-3-6-19(15(21)14(11)12)10-16(22)4-7-18(2)8-5-16/h9,17,22H,3-8,10H2,1-2H3. The number of aliphatic hydroxyl groups is 1. The molecule has 6 nitrogen and oxygen atoms in total. The lowest BCUT2D eigenvalue weighted by Crippen LogP contribution is -2.52. The van der Waals surface area contributed by atoms with Crippen LogP contribution in [0.25, 0.3) is 0 Å². The zero-order valence-electron chi connectivity index (χ0n) is 13.2. The van der Waals surface area contributed by atoms with Crippen molar-refractivity contribution in [2.24, 2.45) is 0 Å². The molecule has 0 bridgehead atoms. The molecule has 1 aromatic rings. The highest BCUT2D eigenvalue weighted by Crippen LogP contribution is 2.28. The SMILES string of the molecule is Cc1c(C=O)[nH]c2c1C(=O)N(CC1(O)CCN(C)CC1)CC2. The van der Waals surface area contributed by atoms with Crippen molar-refractivity contribution >= 4 is 12.2 Å². The summed E-state index contributed by atoms with van der Waals surface area (Å²) in [7, 11) is 2.04. The van der Waals surface area contributed by atoms with E-state index in [4.69, 9.17) is 0 Å². The minimum atomic E-state index is -0.794. The fourth-order valence-corrected chi connectivity index (χ4v) is 3.48. The summed E-state index contributed by atoms with van der Waals surface area (Å²) in [6.45, 7) is 4.46. The van der Waals surface area contributed by atoms with Gasteiger partial charge in [-0.05, 0) is 32.4 Å². The first-order valence-corrected chi connectivity index (χ1v) is 7.80. The van der Waals surface area contributed by atoms with E-state index in [0.29, 0.717) is 43.6 Å². The zero-order chi connectivity index (χ0) is 15.9. The van der Waals surface area contributed by atoms with Crippen molar-refractivity contribution in [3.8, 4) is 0 Å². The van der Waals surface area contributed by atoms with E-state index in [0.717, 1.165) is 30.6 Å². The number of aromatic nitrogens is 1. The van der Waals surface area contributed by atoms with Gasteiger partial charge in [0.1, 0.15) is 0 Å². The van der Waals surface area contributed by atoms with Crippen molar-refractivity contribution in [1.82, 2.24) is 14.8 Å². The molecule has 0 atom stereocenters. The highest BCUT2D eigenvalue weighted by atomic mass is 16.3. The Labute approximate surface area is 130 Å². The number of hydrogen-bond donors (Lipinski definition) is 2. The van der Waals surface area contributed by atoms with Crippen LogP contribution in [0.5, 0.6) is 0 Å². The fraction of sp³-hybridized carbons (Fsp3) is 0.625. The Morgan fingerprint density at radius 1 is 1.32 bits per heavy atom. The largest absolute Gasteiger partial charge is 0.388 e. The first kappa shape index (κ1) is 15.2. The van der Waals surface area contributed by atoms with Gasteiger partial charge in [-0.25, -0.2) is 0 Å². The molecule has 3 rings (SSSR count). The van der Waals surface area contributed by atoms with Crippen LogP contribution in [-0.4, -0.2) is 70.9 Å². The maximum Gasteiger partial charge on any atom is 0.256 e. The van der Waals surface area contributed by atoms with Crippen molar-refractivity contribution in [3.63, 3.8) is 0 Å². The van der Waals surface area contributed by atoms with E-state index in [9.17, 15) is 14.7 Å². The third-order valence-electron chi connectivity index (χ3n) is 5.02. The van der Waals surface area contributed by atoms with Crippen LogP contribution in [0.4, 0.5) is 0 Å². The van der Waals surface area contributed by atoms with Crippen LogP contribution in [0.3, 0.4) is 0 Å². The van der Waals surface area contributed by atoms with Crippen LogP contribution >= 0.6 is 0 Å². The molecule has 0 aromatic carbocycles. The molecule has 0 saturated carbocycles. The van der Waals surface area contributed by atoms with E-state index >= 15 is 0 Å². The van der Waals surface area contributed by atoms with Gasteiger partial charge in [0.25, 0.3) is 5.91 Å². The Morgan fingerprint density at radius 2 is 2.00 bits per heavy atom. The molecule has 3 heterocycles. The molecule has 2 N–H and O–H groups in total. The Morgan fingerprint density at radius 3 is 2.64 bits per heavy atom. The smallest absolute Gasteiger partial charge is 0.256 e.